The molecule has 0 aromatic carbocycles. The van der Waals surface area contributed by atoms with E-state index in [4.69, 9.17) is 5.11 Å². The van der Waals surface area contributed by atoms with Crippen molar-refractivity contribution >= 4 is 11.9 Å². The van der Waals surface area contributed by atoms with Crippen molar-refractivity contribution < 1.29 is 14.7 Å². The van der Waals surface area contributed by atoms with Crippen LogP contribution in [0.1, 0.15) is 32.1 Å². The van der Waals surface area contributed by atoms with Crippen LogP contribution < -0.4 is 5.32 Å². The average Bonchev–Trinajstić information content (AvgIpc) is 3.00. The molecule has 0 spiro atoms. The first-order chi connectivity index (χ1) is 6.65. The zero-order chi connectivity index (χ0) is 10.2. The molecule has 78 valence electrons. The minimum atomic E-state index is -1.07. The lowest BCUT2D eigenvalue weighted by atomic mass is 10.1. The van der Waals surface area contributed by atoms with Gasteiger partial charge in [-0.2, -0.15) is 0 Å². The fourth-order valence-corrected chi connectivity index (χ4v) is 1.63. The summed E-state index contributed by atoms with van der Waals surface area (Å²) in [5.41, 5.74) is -1.07. The molecule has 0 heterocycles. The van der Waals surface area contributed by atoms with Crippen LogP contribution in [0.5, 0.6) is 0 Å². The lowest BCUT2D eigenvalue weighted by molar-refractivity contribution is -0.149. The number of aliphatic carboxylic acids is 1. The molecule has 4 heteroatoms. The number of hydrogen-bond acceptors (Lipinski definition) is 2. The number of carboxylic acid groups (broad SMARTS) is 1. The van der Waals surface area contributed by atoms with Gasteiger partial charge in [0.05, 0.1) is 0 Å². The molecule has 2 aliphatic carbocycles. The maximum absolute atomic E-state index is 11.5. The van der Waals surface area contributed by atoms with Gasteiger partial charge < -0.3 is 10.4 Å². The lowest BCUT2D eigenvalue weighted by Crippen LogP contribution is -2.37. The van der Waals surface area contributed by atoms with Crippen LogP contribution in [0.2, 0.25) is 0 Å². The summed E-state index contributed by atoms with van der Waals surface area (Å²) in [4.78, 5) is 22.3. The van der Waals surface area contributed by atoms with Gasteiger partial charge in [-0.05, 0) is 25.2 Å². The van der Waals surface area contributed by atoms with E-state index in [-0.39, 0.29) is 5.91 Å². The Morgan fingerprint density at radius 2 is 2.00 bits per heavy atom. The van der Waals surface area contributed by atoms with Crippen molar-refractivity contribution in [3.05, 3.63) is 0 Å². The van der Waals surface area contributed by atoms with E-state index in [2.05, 4.69) is 5.32 Å². The van der Waals surface area contributed by atoms with Gasteiger partial charge in [0.15, 0.2) is 0 Å². The number of carboxylic acids is 1. The molecule has 4 nitrogen and oxygen atoms in total. The van der Waals surface area contributed by atoms with E-state index >= 15 is 0 Å². The predicted octanol–water partition coefficient (Wildman–Crippen LogP) is 0.767. The second-order valence-electron chi connectivity index (χ2n) is 4.38. The van der Waals surface area contributed by atoms with Gasteiger partial charge in [-0.15, -0.1) is 0 Å². The predicted molar refractivity (Wildman–Crippen MR) is 49.7 cm³/mol. The molecule has 0 aromatic heterocycles. The van der Waals surface area contributed by atoms with Crippen LogP contribution in [0.4, 0.5) is 0 Å². The first kappa shape index (κ1) is 9.49. The molecule has 14 heavy (non-hydrogen) atoms. The molecule has 0 aliphatic heterocycles. The fourth-order valence-electron chi connectivity index (χ4n) is 1.63. The highest BCUT2D eigenvalue weighted by Gasteiger charge is 2.56. The second kappa shape index (κ2) is 3.26. The zero-order valence-electron chi connectivity index (χ0n) is 8.08. The minimum absolute atomic E-state index is 0.286. The lowest BCUT2D eigenvalue weighted by Gasteiger charge is -2.09. The number of carbonyl (C=O) groups excluding carboxylic acids is 1. The number of rotatable bonds is 5. The van der Waals surface area contributed by atoms with Crippen molar-refractivity contribution in [1.29, 1.82) is 0 Å². The molecular weight excluding hydrogens is 182 g/mol. The van der Waals surface area contributed by atoms with E-state index < -0.39 is 11.4 Å². The molecule has 2 fully saturated rings. The summed E-state index contributed by atoms with van der Waals surface area (Å²) in [6.07, 6.45) is 4.52. The van der Waals surface area contributed by atoms with Crippen molar-refractivity contribution in [2.75, 3.05) is 6.54 Å². The standard InChI is InChI=1S/C10H15NO3/c12-8(10(4-5-10)9(13)14)11-6-3-7-1-2-7/h7H,1-6H2,(H,11,12)(H,13,14). The molecule has 0 atom stereocenters. The summed E-state index contributed by atoms with van der Waals surface area (Å²) in [7, 11) is 0. The summed E-state index contributed by atoms with van der Waals surface area (Å²) >= 11 is 0. The van der Waals surface area contributed by atoms with Crippen LogP contribution in [-0.2, 0) is 9.59 Å². The molecule has 2 N–H and O–H groups in total. The van der Waals surface area contributed by atoms with Crippen molar-refractivity contribution in [2.24, 2.45) is 11.3 Å². The number of amides is 1. The first-order valence-electron chi connectivity index (χ1n) is 5.17. The summed E-state index contributed by atoms with van der Waals surface area (Å²) in [5, 5.41) is 11.6. The quantitative estimate of drug-likeness (QED) is 0.640. The van der Waals surface area contributed by atoms with Crippen molar-refractivity contribution in [3.63, 3.8) is 0 Å². The van der Waals surface area contributed by atoms with Crippen LogP contribution in [0.25, 0.3) is 0 Å². The van der Waals surface area contributed by atoms with Crippen LogP contribution >= 0.6 is 0 Å². The Morgan fingerprint density at radius 1 is 1.36 bits per heavy atom. The third-order valence-electron chi connectivity index (χ3n) is 3.13. The largest absolute Gasteiger partial charge is 0.480 e. The summed E-state index contributed by atoms with van der Waals surface area (Å²) in [6, 6.07) is 0. The third-order valence-corrected chi connectivity index (χ3v) is 3.13. The van der Waals surface area contributed by atoms with Crippen molar-refractivity contribution in [2.45, 2.75) is 32.1 Å². The molecule has 0 aromatic rings. The zero-order valence-corrected chi connectivity index (χ0v) is 8.08. The van der Waals surface area contributed by atoms with E-state index in [1.165, 1.54) is 12.8 Å². The minimum Gasteiger partial charge on any atom is -0.480 e. The summed E-state index contributed by atoms with van der Waals surface area (Å²) in [6.45, 7) is 0.637. The average molecular weight is 197 g/mol. The Balaban J connectivity index is 1.74. The number of nitrogens with one attached hydrogen (secondary N) is 1. The van der Waals surface area contributed by atoms with Gasteiger partial charge in [0.25, 0.3) is 0 Å². The van der Waals surface area contributed by atoms with Gasteiger partial charge in [-0.3, -0.25) is 9.59 Å². The smallest absolute Gasteiger partial charge is 0.319 e. The van der Waals surface area contributed by atoms with E-state index in [1.807, 2.05) is 0 Å². The summed E-state index contributed by atoms with van der Waals surface area (Å²) < 4.78 is 0. The molecule has 2 rings (SSSR count). The van der Waals surface area contributed by atoms with Crippen molar-refractivity contribution in [3.8, 4) is 0 Å². The van der Waals surface area contributed by atoms with E-state index in [0.29, 0.717) is 19.4 Å². The Labute approximate surface area is 82.7 Å². The normalized spacial score (nSPS) is 22.9. The van der Waals surface area contributed by atoms with Crippen LogP contribution in [-0.4, -0.2) is 23.5 Å². The highest BCUT2D eigenvalue weighted by Crippen LogP contribution is 2.46. The molecule has 1 amide bonds. The molecule has 0 bridgehead atoms. The van der Waals surface area contributed by atoms with Crippen LogP contribution in [0.3, 0.4) is 0 Å². The van der Waals surface area contributed by atoms with Crippen LogP contribution in [0.15, 0.2) is 0 Å². The number of carbonyl (C=O) groups is 2. The maximum atomic E-state index is 11.5. The molecule has 2 saturated carbocycles. The van der Waals surface area contributed by atoms with Crippen molar-refractivity contribution in [1.82, 2.24) is 5.32 Å². The molecule has 0 radical (unpaired) electrons. The highest BCUT2D eigenvalue weighted by atomic mass is 16.4. The van der Waals surface area contributed by atoms with Gasteiger partial charge in [0.1, 0.15) is 5.41 Å². The van der Waals surface area contributed by atoms with Gasteiger partial charge in [0.2, 0.25) is 5.91 Å². The van der Waals surface area contributed by atoms with Gasteiger partial charge in [-0.1, -0.05) is 12.8 Å². The molecule has 0 unspecified atom stereocenters. The monoisotopic (exact) mass is 197 g/mol. The molecule has 2 aliphatic rings. The Hall–Kier alpha value is -1.06. The Morgan fingerprint density at radius 3 is 2.43 bits per heavy atom. The van der Waals surface area contributed by atoms with Gasteiger partial charge in [-0.25, -0.2) is 0 Å². The Kier molecular flexibility index (Phi) is 2.21. The molecular formula is C10H15NO3. The van der Waals surface area contributed by atoms with E-state index in [0.717, 1.165) is 12.3 Å². The Bertz CT molecular complexity index is 267. The van der Waals surface area contributed by atoms with Gasteiger partial charge in [0, 0.05) is 6.54 Å². The third kappa shape index (κ3) is 1.74. The maximum Gasteiger partial charge on any atom is 0.319 e. The molecule has 0 saturated heterocycles. The SMILES string of the molecule is O=C(O)C1(C(=O)NCCC2CC2)CC1. The van der Waals surface area contributed by atoms with Crippen LogP contribution in [0, 0.1) is 11.3 Å². The first-order valence-corrected chi connectivity index (χ1v) is 5.17. The fraction of sp³-hybridized carbons (Fsp3) is 0.800. The van der Waals surface area contributed by atoms with E-state index in [9.17, 15) is 9.59 Å². The number of hydrogen-bond donors (Lipinski definition) is 2. The van der Waals surface area contributed by atoms with Gasteiger partial charge >= 0.3 is 5.97 Å². The van der Waals surface area contributed by atoms with E-state index in [1.54, 1.807) is 0 Å². The second-order valence-corrected chi connectivity index (χ2v) is 4.38. The highest BCUT2D eigenvalue weighted by molar-refractivity contribution is 6.04. The topological polar surface area (TPSA) is 66.4 Å². The summed E-state index contributed by atoms with van der Waals surface area (Å²) in [5.74, 6) is -0.484.